The Balaban J connectivity index is 3.14. The standard InChI is InChI=1S/C10H11F4NO3S/c11-8-2-1-7(5-9(8)12)19(17,18)15(3-4-16)6-10(13)14/h1-2,5,10,16H,3-4,6H2. The summed E-state index contributed by atoms with van der Waals surface area (Å²) in [6.07, 6.45) is -2.95. The predicted molar refractivity (Wildman–Crippen MR) is 58.2 cm³/mol. The molecule has 1 rings (SSSR count). The Morgan fingerprint density at radius 3 is 2.32 bits per heavy atom. The van der Waals surface area contributed by atoms with Gasteiger partial charge in [0.15, 0.2) is 11.6 Å². The number of hydrogen-bond acceptors (Lipinski definition) is 3. The zero-order chi connectivity index (χ0) is 14.6. The van der Waals surface area contributed by atoms with Gasteiger partial charge in [-0.25, -0.2) is 26.0 Å². The van der Waals surface area contributed by atoms with E-state index in [0.29, 0.717) is 16.4 Å². The van der Waals surface area contributed by atoms with E-state index in [1.807, 2.05) is 0 Å². The van der Waals surface area contributed by atoms with E-state index in [9.17, 15) is 26.0 Å². The molecule has 9 heteroatoms. The monoisotopic (exact) mass is 301 g/mol. The first-order valence-corrected chi connectivity index (χ1v) is 6.57. The molecular weight excluding hydrogens is 290 g/mol. The predicted octanol–water partition coefficient (Wildman–Crippen LogP) is 1.21. The van der Waals surface area contributed by atoms with Crippen molar-refractivity contribution in [1.82, 2.24) is 4.31 Å². The molecule has 0 saturated carbocycles. The first-order chi connectivity index (χ1) is 8.78. The lowest BCUT2D eigenvalue weighted by Crippen LogP contribution is -2.37. The second-order valence-electron chi connectivity index (χ2n) is 3.55. The van der Waals surface area contributed by atoms with Gasteiger partial charge in [0.25, 0.3) is 6.43 Å². The quantitative estimate of drug-likeness (QED) is 0.804. The van der Waals surface area contributed by atoms with Gasteiger partial charge in [0.05, 0.1) is 18.0 Å². The maximum atomic E-state index is 13.0. The van der Waals surface area contributed by atoms with E-state index in [4.69, 9.17) is 5.11 Å². The zero-order valence-electron chi connectivity index (χ0n) is 9.56. The van der Waals surface area contributed by atoms with Gasteiger partial charge in [0.1, 0.15) is 0 Å². The highest BCUT2D eigenvalue weighted by Gasteiger charge is 2.27. The molecule has 0 aliphatic heterocycles. The van der Waals surface area contributed by atoms with Gasteiger partial charge in [-0.05, 0) is 18.2 Å². The maximum Gasteiger partial charge on any atom is 0.252 e. The minimum absolute atomic E-state index is 0.310. The van der Waals surface area contributed by atoms with Gasteiger partial charge < -0.3 is 5.11 Å². The van der Waals surface area contributed by atoms with Crippen LogP contribution in [0.2, 0.25) is 0 Å². The average molecular weight is 301 g/mol. The number of halogens is 4. The minimum Gasteiger partial charge on any atom is -0.395 e. The van der Waals surface area contributed by atoms with Gasteiger partial charge in [0.2, 0.25) is 10.0 Å². The Morgan fingerprint density at radius 1 is 1.21 bits per heavy atom. The van der Waals surface area contributed by atoms with Crippen molar-refractivity contribution >= 4 is 10.0 Å². The van der Waals surface area contributed by atoms with Gasteiger partial charge in [-0.15, -0.1) is 0 Å². The molecule has 0 spiro atoms. The van der Waals surface area contributed by atoms with E-state index in [-0.39, 0.29) is 0 Å². The van der Waals surface area contributed by atoms with Crippen LogP contribution < -0.4 is 0 Å². The Morgan fingerprint density at radius 2 is 1.84 bits per heavy atom. The Labute approximate surface area is 107 Å². The lowest BCUT2D eigenvalue weighted by Gasteiger charge is -2.20. The van der Waals surface area contributed by atoms with Crippen molar-refractivity contribution in [2.75, 3.05) is 19.7 Å². The second kappa shape index (κ2) is 6.31. The number of sulfonamides is 1. The summed E-state index contributed by atoms with van der Waals surface area (Å²) in [5.41, 5.74) is 0. The van der Waals surface area contributed by atoms with Crippen LogP contribution in [0.15, 0.2) is 23.1 Å². The summed E-state index contributed by atoms with van der Waals surface area (Å²) in [5.74, 6) is -2.65. The van der Waals surface area contributed by atoms with E-state index < -0.39 is 52.7 Å². The van der Waals surface area contributed by atoms with Crippen LogP contribution in [-0.2, 0) is 10.0 Å². The molecule has 0 amide bonds. The number of benzene rings is 1. The fourth-order valence-electron chi connectivity index (χ4n) is 1.36. The van der Waals surface area contributed by atoms with E-state index in [2.05, 4.69) is 0 Å². The van der Waals surface area contributed by atoms with E-state index >= 15 is 0 Å². The number of alkyl halides is 2. The first-order valence-electron chi connectivity index (χ1n) is 5.13. The third-order valence-electron chi connectivity index (χ3n) is 2.22. The molecule has 0 radical (unpaired) electrons. The molecule has 1 N–H and O–H groups in total. The van der Waals surface area contributed by atoms with Gasteiger partial charge >= 0.3 is 0 Å². The fourth-order valence-corrected chi connectivity index (χ4v) is 2.78. The molecule has 0 heterocycles. The lowest BCUT2D eigenvalue weighted by atomic mass is 10.3. The molecule has 0 aliphatic rings. The number of hydrogen-bond donors (Lipinski definition) is 1. The van der Waals surface area contributed by atoms with Crippen LogP contribution in [0.25, 0.3) is 0 Å². The number of nitrogens with zero attached hydrogens (tertiary/aromatic N) is 1. The van der Waals surface area contributed by atoms with Crippen LogP contribution in [-0.4, -0.2) is 44.0 Å². The van der Waals surface area contributed by atoms with Gasteiger partial charge in [-0.1, -0.05) is 0 Å². The van der Waals surface area contributed by atoms with Crippen molar-refractivity contribution in [3.8, 4) is 0 Å². The lowest BCUT2D eigenvalue weighted by molar-refractivity contribution is 0.113. The van der Waals surface area contributed by atoms with Gasteiger partial charge in [-0.3, -0.25) is 0 Å². The average Bonchev–Trinajstić information content (AvgIpc) is 2.31. The van der Waals surface area contributed by atoms with Crippen molar-refractivity contribution in [1.29, 1.82) is 0 Å². The van der Waals surface area contributed by atoms with Crippen LogP contribution in [0.5, 0.6) is 0 Å². The highest BCUT2D eigenvalue weighted by Crippen LogP contribution is 2.19. The molecule has 0 atom stereocenters. The molecule has 0 aliphatic carbocycles. The normalized spacial score (nSPS) is 12.4. The van der Waals surface area contributed by atoms with Crippen LogP contribution >= 0.6 is 0 Å². The number of rotatable bonds is 6. The van der Waals surface area contributed by atoms with E-state index in [1.165, 1.54) is 0 Å². The highest BCUT2D eigenvalue weighted by molar-refractivity contribution is 7.89. The summed E-state index contributed by atoms with van der Waals surface area (Å²) in [6.45, 7) is -2.37. The molecule has 0 bridgehead atoms. The molecule has 0 aromatic heterocycles. The summed E-state index contributed by atoms with van der Waals surface area (Å²) >= 11 is 0. The van der Waals surface area contributed by atoms with Crippen molar-refractivity contribution in [3.05, 3.63) is 29.8 Å². The van der Waals surface area contributed by atoms with Gasteiger partial charge in [-0.2, -0.15) is 4.31 Å². The van der Waals surface area contributed by atoms with Gasteiger partial charge in [0, 0.05) is 6.54 Å². The molecule has 1 aromatic carbocycles. The van der Waals surface area contributed by atoms with Crippen molar-refractivity contribution < 1.29 is 31.1 Å². The van der Waals surface area contributed by atoms with Crippen molar-refractivity contribution in [2.24, 2.45) is 0 Å². The molecule has 4 nitrogen and oxygen atoms in total. The molecule has 1 aromatic rings. The molecule has 19 heavy (non-hydrogen) atoms. The Bertz CT molecular complexity index is 536. The molecule has 108 valence electrons. The zero-order valence-corrected chi connectivity index (χ0v) is 10.4. The van der Waals surface area contributed by atoms with Crippen LogP contribution in [0.1, 0.15) is 0 Å². The fraction of sp³-hybridized carbons (Fsp3) is 0.400. The maximum absolute atomic E-state index is 13.0. The Kier molecular flexibility index (Phi) is 5.27. The van der Waals surface area contributed by atoms with Crippen LogP contribution in [0.3, 0.4) is 0 Å². The van der Waals surface area contributed by atoms with E-state index in [1.54, 1.807) is 0 Å². The molecule has 0 unspecified atom stereocenters. The number of aliphatic hydroxyl groups excluding tert-OH is 1. The van der Waals surface area contributed by atoms with Crippen LogP contribution in [0.4, 0.5) is 17.6 Å². The summed E-state index contributed by atoms with van der Waals surface area (Å²) in [4.78, 5) is -0.652. The molecule has 0 fully saturated rings. The third kappa shape index (κ3) is 3.88. The molecule has 0 saturated heterocycles. The van der Waals surface area contributed by atoms with Crippen molar-refractivity contribution in [2.45, 2.75) is 11.3 Å². The largest absolute Gasteiger partial charge is 0.395 e. The SMILES string of the molecule is O=S(=O)(c1ccc(F)c(F)c1)N(CCO)CC(F)F. The summed E-state index contributed by atoms with van der Waals surface area (Å²) in [6, 6.07) is 1.76. The summed E-state index contributed by atoms with van der Waals surface area (Å²) in [5, 5.41) is 8.67. The first kappa shape index (κ1) is 15.9. The third-order valence-corrected chi connectivity index (χ3v) is 4.08. The Hall–Kier alpha value is -1.19. The highest BCUT2D eigenvalue weighted by atomic mass is 32.2. The van der Waals surface area contributed by atoms with Crippen molar-refractivity contribution in [3.63, 3.8) is 0 Å². The minimum atomic E-state index is -4.41. The smallest absolute Gasteiger partial charge is 0.252 e. The van der Waals surface area contributed by atoms with Crippen LogP contribution in [0, 0.1) is 11.6 Å². The molecular formula is C10H11F4NO3S. The second-order valence-corrected chi connectivity index (χ2v) is 5.49. The summed E-state index contributed by atoms with van der Waals surface area (Å²) < 4.78 is 74.4. The number of aliphatic hydroxyl groups is 1. The van der Waals surface area contributed by atoms with E-state index in [0.717, 1.165) is 6.07 Å². The topological polar surface area (TPSA) is 57.6 Å². The summed E-state index contributed by atoms with van der Waals surface area (Å²) in [7, 11) is -4.41.